The molecule has 0 saturated carbocycles. The van der Waals surface area contributed by atoms with E-state index < -0.39 is 15.9 Å². The summed E-state index contributed by atoms with van der Waals surface area (Å²) in [4.78, 5) is 13.6. The van der Waals surface area contributed by atoms with Crippen molar-refractivity contribution in [1.82, 2.24) is 9.62 Å². The summed E-state index contributed by atoms with van der Waals surface area (Å²) in [7, 11) is -3.63. The average molecular weight is 463 g/mol. The second kappa shape index (κ2) is 9.89. The number of hydrogen-bond donors (Lipinski definition) is 1. The highest BCUT2D eigenvalue weighted by atomic mass is 32.2. The third-order valence-electron chi connectivity index (χ3n) is 6.24. The SMILES string of the molecule is Cc1ccc([C@H](NC(=O)[C@H]2CCCN(S(=O)(=O)c3ccc(C)cc3)C2)c2ccccc2)cc1. The Morgan fingerprint density at radius 1 is 0.879 bits per heavy atom. The summed E-state index contributed by atoms with van der Waals surface area (Å²) in [6.07, 6.45) is 1.32. The number of piperidine rings is 1. The molecule has 1 fully saturated rings. The van der Waals surface area contributed by atoms with Gasteiger partial charge >= 0.3 is 0 Å². The van der Waals surface area contributed by atoms with Gasteiger partial charge in [-0.05, 0) is 49.9 Å². The topological polar surface area (TPSA) is 66.5 Å². The highest BCUT2D eigenvalue weighted by Gasteiger charge is 2.34. The summed E-state index contributed by atoms with van der Waals surface area (Å²) in [5.74, 6) is -0.510. The zero-order valence-corrected chi connectivity index (χ0v) is 19.9. The van der Waals surface area contributed by atoms with Gasteiger partial charge in [0.2, 0.25) is 15.9 Å². The van der Waals surface area contributed by atoms with Crippen molar-refractivity contribution < 1.29 is 13.2 Å². The minimum absolute atomic E-state index is 0.117. The predicted octanol–water partition coefficient (Wildman–Crippen LogP) is 4.61. The van der Waals surface area contributed by atoms with E-state index in [4.69, 9.17) is 0 Å². The van der Waals surface area contributed by atoms with E-state index in [1.165, 1.54) is 4.31 Å². The third-order valence-corrected chi connectivity index (χ3v) is 8.12. The predicted molar refractivity (Wildman–Crippen MR) is 130 cm³/mol. The van der Waals surface area contributed by atoms with Crippen LogP contribution in [0.4, 0.5) is 0 Å². The molecule has 4 rings (SSSR count). The van der Waals surface area contributed by atoms with Crippen LogP contribution in [0.25, 0.3) is 0 Å². The highest BCUT2D eigenvalue weighted by Crippen LogP contribution is 2.27. The zero-order valence-electron chi connectivity index (χ0n) is 19.1. The van der Waals surface area contributed by atoms with Crippen molar-refractivity contribution in [2.24, 2.45) is 5.92 Å². The van der Waals surface area contributed by atoms with E-state index in [0.717, 1.165) is 22.3 Å². The molecule has 1 N–H and O–H groups in total. The molecule has 1 heterocycles. The van der Waals surface area contributed by atoms with Gasteiger partial charge in [-0.25, -0.2) is 8.42 Å². The van der Waals surface area contributed by atoms with Crippen LogP contribution in [0, 0.1) is 19.8 Å². The van der Waals surface area contributed by atoms with Crippen molar-refractivity contribution >= 4 is 15.9 Å². The number of nitrogens with one attached hydrogen (secondary N) is 1. The molecule has 0 radical (unpaired) electrons. The Hall–Kier alpha value is -2.96. The van der Waals surface area contributed by atoms with E-state index >= 15 is 0 Å². The minimum atomic E-state index is -3.63. The summed E-state index contributed by atoms with van der Waals surface area (Å²) in [6.45, 7) is 4.58. The largest absolute Gasteiger partial charge is 0.345 e. The minimum Gasteiger partial charge on any atom is -0.345 e. The molecule has 3 aromatic rings. The number of amides is 1. The van der Waals surface area contributed by atoms with Crippen molar-refractivity contribution in [3.63, 3.8) is 0 Å². The number of nitrogens with zero attached hydrogens (tertiary/aromatic N) is 1. The van der Waals surface area contributed by atoms with Crippen LogP contribution in [0.15, 0.2) is 83.8 Å². The molecule has 3 aromatic carbocycles. The fourth-order valence-corrected chi connectivity index (χ4v) is 5.78. The van der Waals surface area contributed by atoms with Crippen LogP contribution in [0.1, 0.15) is 41.1 Å². The van der Waals surface area contributed by atoms with Gasteiger partial charge in [0.05, 0.1) is 16.9 Å². The van der Waals surface area contributed by atoms with E-state index in [1.807, 2.05) is 68.4 Å². The lowest BCUT2D eigenvalue weighted by Crippen LogP contribution is -2.46. The first-order chi connectivity index (χ1) is 15.8. The summed E-state index contributed by atoms with van der Waals surface area (Å²) >= 11 is 0. The first-order valence-corrected chi connectivity index (χ1v) is 12.8. The quantitative estimate of drug-likeness (QED) is 0.582. The van der Waals surface area contributed by atoms with Crippen LogP contribution in [-0.2, 0) is 14.8 Å². The molecule has 0 aromatic heterocycles. The molecule has 0 aliphatic carbocycles. The molecular weight excluding hydrogens is 432 g/mol. The molecule has 0 unspecified atom stereocenters. The van der Waals surface area contributed by atoms with Crippen LogP contribution in [0.3, 0.4) is 0 Å². The fourth-order valence-electron chi connectivity index (χ4n) is 4.26. The first kappa shape index (κ1) is 23.2. The third kappa shape index (κ3) is 5.34. The lowest BCUT2D eigenvalue weighted by molar-refractivity contribution is -0.126. The molecule has 6 heteroatoms. The number of sulfonamides is 1. The Morgan fingerprint density at radius 3 is 2.09 bits per heavy atom. The Kier molecular flexibility index (Phi) is 6.96. The van der Waals surface area contributed by atoms with Crippen molar-refractivity contribution in [3.05, 3.63) is 101 Å². The highest BCUT2D eigenvalue weighted by molar-refractivity contribution is 7.89. The van der Waals surface area contributed by atoms with Crippen LogP contribution in [-0.4, -0.2) is 31.7 Å². The molecule has 1 aliphatic rings. The van der Waals surface area contributed by atoms with Gasteiger partial charge in [0, 0.05) is 13.1 Å². The lowest BCUT2D eigenvalue weighted by atomic mass is 9.94. The number of carbonyl (C=O) groups is 1. The summed E-state index contributed by atoms with van der Waals surface area (Å²) in [5, 5.41) is 3.20. The smallest absolute Gasteiger partial charge is 0.243 e. The van der Waals surface area contributed by atoms with E-state index in [1.54, 1.807) is 24.3 Å². The van der Waals surface area contributed by atoms with Gasteiger partial charge < -0.3 is 5.32 Å². The monoisotopic (exact) mass is 462 g/mol. The normalized spacial score (nSPS) is 17.9. The van der Waals surface area contributed by atoms with Gasteiger partial charge in [-0.1, -0.05) is 77.9 Å². The second-order valence-corrected chi connectivity index (χ2v) is 10.7. The van der Waals surface area contributed by atoms with E-state index in [0.29, 0.717) is 19.4 Å². The summed E-state index contributed by atoms with van der Waals surface area (Å²) in [5.41, 5.74) is 4.16. The van der Waals surface area contributed by atoms with Crippen molar-refractivity contribution in [1.29, 1.82) is 0 Å². The summed E-state index contributed by atoms with van der Waals surface area (Å²) in [6, 6.07) is 24.6. The van der Waals surface area contributed by atoms with Crippen LogP contribution < -0.4 is 5.32 Å². The Bertz CT molecular complexity index is 1190. The number of carbonyl (C=O) groups excluding carboxylic acids is 1. The fraction of sp³-hybridized carbons (Fsp3) is 0.296. The molecule has 1 amide bonds. The molecule has 5 nitrogen and oxygen atoms in total. The van der Waals surface area contributed by atoms with Crippen molar-refractivity contribution in [3.8, 4) is 0 Å². The molecule has 0 spiro atoms. The Labute approximate surface area is 196 Å². The molecule has 1 saturated heterocycles. The Balaban J connectivity index is 1.53. The molecule has 2 atom stereocenters. The van der Waals surface area contributed by atoms with Crippen molar-refractivity contribution in [2.75, 3.05) is 13.1 Å². The van der Waals surface area contributed by atoms with Crippen molar-refractivity contribution in [2.45, 2.75) is 37.6 Å². The van der Waals surface area contributed by atoms with E-state index in [9.17, 15) is 13.2 Å². The maximum Gasteiger partial charge on any atom is 0.243 e. The first-order valence-electron chi connectivity index (χ1n) is 11.3. The molecular formula is C27H30N2O3S. The van der Waals surface area contributed by atoms with Gasteiger partial charge in [-0.15, -0.1) is 0 Å². The van der Waals surface area contributed by atoms with E-state index in [-0.39, 0.29) is 23.4 Å². The molecule has 172 valence electrons. The van der Waals surface area contributed by atoms with Gasteiger partial charge in [0.25, 0.3) is 0 Å². The van der Waals surface area contributed by atoms with Gasteiger partial charge in [-0.2, -0.15) is 4.31 Å². The van der Waals surface area contributed by atoms with Gasteiger partial charge in [0.15, 0.2) is 0 Å². The zero-order chi connectivity index (χ0) is 23.4. The Morgan fingerprint density at radius 2 is 1.45 bits per heavy atom. The maximum absolute atomic E-state index is 13.3. The van der Waals surface area contributed by atoms with Crippen LogP contribution in [0.2, 0.25) is 0 Å². The van der Waals surface area contributed by atoms with Gasteiger partial charge in [-0.3, -0.25) is 4.79 Å². The average Bonchev–Trinajstić information content (AvgIpc) is 2.84. The number of aryl methyl sites for hydroxylation is 2. The van der Waals surface area contributed by atoms with Gasteiger partial charge in [0.1, 0.15) is 0 Å². The second-order valence-electron chi connectivity index (χ2n) is 8.78. The van der Waals surface area contributed by atoms with Crippen LogP contribution >= 0.6 is 0 Å². The molecule has 33 heavy (non-hydrogen) atoms. The lowest BCUT2D eigenvalue weighted by Gasteiger charge is -2.32. The maximum atomic E-state index is 13.3. The summed E-state index contributed by atoms with van der Waals surface area (Å²) < 4.78 is 27.8. The number of benzene rings is 3. The standard InChI is InChI=1S/C27H30N2O3S/c1-20-10-14-23(15-11-20)26(22-7-4-3-5-8-22)28-27(30)24-9-6-18-29(19-24)33(31,32)25-16-12-21(2)13-17-25/h3-5,7-8,10-17,24,26H,6,9,18-19H2,1-2H3,(H,28,30)/t24-,26+/m0/s1. The molecule has 0 bridgehead atoms. The van der Waals surface area contributed by atoms with E-state index in [2.05, 4.69) is 5.32 Å². The number of rotatable bonds is 6. The number of hydrogen-bond acceptors (Lipinski definition) is 3. The molecule has 1 aliphatic heterocycles. The van der Waals surface area contributed by atoms with Crippen LogP contribution in [0.5, 0.6) is 0 Å².